The van der Waals surface area contributed by atoms with Gasteiger partial charge >= 0.3 is 5.97 Å². The first-order valence-corrected chi connectivity index (χ1v) is 10.1. The fourth-order valence-corrected chi connectivity index (χ4v) is 3.70. The van der Waals surface area contributed by atoms with Gasteiger partial charge in [-0.3, -0.25) is 4.40 Å². The van der Waals surface area contributed by atoms with E-state index in [1.807, 2.05) is 36.4 Å². The van der Waals surface area contributed by atoms with Crippen molar-refractivity contribution in [2.24, 2.45) is 0 Å². The summed E-state index contributed by atoms with van der Waals surface area (Å²) in [6, 6.07) is 20.1. The fourth-order valence-electron chi connectivity index (χ4n) is 3.70. The Balaban J connectivity index is 1.67. The van der Waals surface area contributed by atoms with E-state index >= 15 is 0 Å². The summed E-state index contributed by atoms with van der Waals surface area (Å²) in [7, 11) is 0. The van der Waals surface area contributed by atoms with E-state index in [1.54, 1.807) is 41.1 Å². The molecule has 0 spiro atoms. The molecule has 7 nitrogen and oxygen atoms in total. The molecular weight excluding hydrogens is 406 g/mol. The van der Waals surface area contributed by atoms with Crippen molar-refractivity contribution in [2.75, 3.05) is 0 Å². The molecule has 0 aliphatic heterocycles. The van der Waals surface area contributed by atoms with E-state index in [9.17, 15) is 15.0 Å². The lowest BCUT2D eigenvalue weighted by Gasteiger charge is -2.09. The highest BCUT2D eigenvalue weighted by atomic mass is 16.4. The van der Waals surface area contributed by atoms with E-state index in [4.69, 9.17) is 9.40 Å². The number of nitrogens with zero attached hydrogens (tertiary/aromatic N) is 3. The Kier molecular flexibility index (Phi) is 4.91. The van der Waals surface area contributed by atoms with Crippen LogP contribution in [0.1, 0.15) is 33.1 Å². The number of furan rings is 1. The minimum absolute atomic E-state index is 0.00347. The second-order valence-corrected chi connectivity index (χ2v) is 7.45. The molecule has 0 radical (unpaired) electrons. The fraction of sp³-hybridized carbons (Fsp3) is 0.0800. The number of carboxylic acid groups (broad SMARTS) is 1. The number of fused-ring (bicyclic) bond motifs is 1. The third-order valence-electron chi connectivity index (χ3n) is 5.26. The Hall–Kier alpha value is -4.39. The largest absolute Gasteiger partial charge is 0.493 e. The van der Waals surface area contributed by atoms with Crippen molar-refractivity contribution in [3.05, 3.63) is 107 Å². The van der Waals surface area contributed by atoms with Crippen LogP contribution in [-0.2, 0) is 12.8 Å². The van der Waals surface area contributed by atoms with Crippen molar-refractivity contribution in [3.8, 4) is 17.1 Å². The molecule has 32 heavy (non-hydrogen) atoms. The first-order chi connectivity index (χ1) is 15.6. The predicted octanol–water partition coefficient (Wildman–Crippen LogP) is 4.57. The van der Waals surface area contributed by atoms with E-state index in [1.165, 1.54) is 6.07 Å². The van der Waals surface area contributed by atoms with Gasteiger partial charge in [0.1, 0.15) is 11.5 Å². The van der Waals surface area contributed by atoms with Gasteiger partial charge in [0.05, 0.1) is 29.6 Å². The smallest absolute Gasteiger partial charge is 0.335 e. The van der Waals surface area contributed by atoms with Gasteiger partial charge in [0, 0.05) is 18.2 Å². The lowest BCUT2D eigenvalue weighted by molar-refractivity contribution is 0.0697. The van der Waals surface area contributed by atoms with Crippen LogP contribution in [0.25, 0.3) is 16.9 Å². The number of benzene rings is 2. The molecule has 0 fully saturated rings. The number of imidazole rings is 1. The standard InChI is InChI=1S/C25H19N3O4/c29-24-21(14-19-10-5-11-32-19)27-23-20(12-16-6-2-1-3-7-16)26-22(15-28(23)24)17-8-4-9-18(13-17)25(30)31/h1-11,13,15,29H,12,14H2,(H,30,31). The zero-order valence-corrected chi connectivity index (χ0v) is 17.0. The van der Waals surface area contributed by atoms with Crippen molar-refractivity contribution in [2.45, 2.75) is 12.8 Å². The number of aromatic nitrogens is 3. The van der Waals surface area contributed by atoms with E-state index in [-0.39, 0.29) is 11.4 Å². The van der Waals surface area contributed by atoms with Crippen LogP contribution in [0.2, 0.25) is 0 Å². The second kappa shape index (κ2) is 8.03. The second-order valence-electron chi connectivity index (χ2n) is 7.45. The van der Waals surface area contributed by atoms with Crippen LogP contribution in [0, 0.1) is 0 Å². The Morgan fingerprint density at radius 1 is 0.938 bits per heavy atom. The summed E-state index contributed by atoms with van der Waals surface area (Å²) in [5.74, 6) is -0.317. The van der Waals surface area contributed by atoms with Gasteiger partial charge < -0.3 is 14.6 Å². The summed E-state index contributed by atoms with van der Waals surface area (Å²) in [5, 5.41) is 20.3. The number of aromatic carboxylic acids is 1. The van der Waals surface area contributed by atoms with Gasteiger partial charge in [0.2, 0.25) is 5.88 Å². The predicted molar refractivity (Wildman–Crippen MR) is 118 cm³/mol. The highest BCUT2D eigenvalue weighted by molar-refractivity contribution is 5.89. The number of rotatable bonds is 6. The molecule has 3 heterocycles. The first-order valence-electron chi connectivity index (χ1n) is 10.1. The number of carboxylic acids is 1. The van der Waals surface area contributed by atoms with E-state index in [0.717, 1.165) is 5.56 Å². The maximum Gasteiger partial charge on any atom is 0.335 e. The topological polar surface area (TPSA) is 101 Å². The lowest BCUT2D eigenvalue weighted by Crippen LogP contribution is -2.02. The van der Waals surface area contributed by atoms with E-state index < -0.39 is 5.97 Å². The summed E-state index contributed by atoms with van der Waals surface area (Å²) in [4.78, 5) is 20.9. The monoisotopic (exact) mass is 425 g/mol. The first kappa shape index (κ1) is 19.6. The number of hydrogen-bond donors (Lipinski definition) is 2. The van der Waals surface area contributed by atoms with Crippen molar-refractivity contribution < 1.29 is 19.4 Å². The number of aromatic hydroxyl groups is 1. The Labute approximate surface area is 183 Å². The van der Waals surface area contributed by atoms with Crippen molar-refractivity contribution in [1.82, 2.24) is 14.4 Å². The van der Waals surface area contributed by atoms with Crippen LogP contribution in [0.4, 0.5) is 0 Å². The zero-order valence-electron chi connectivity index (χ0n) is 17.0. The summed E-state index contributed by atoms with van der Waals surface area (Å²) >= 11 is 0. The molecule has 2 N–H and O–H groups in total. The quantitative estimate of drug-likeness (QED) is 0.413. The minimum Gasteiger partial charge on any atom is -0.493 e. The van der Waals surface area contributed by atoms with Gasteiger partial charge in [-0.15, -0.1) is 0 Å². The van der Waals surface area contributed by atoms with E-state index in [0.29, 0.717) is 46.9 Å². The molecular formula is C25H19N3O4. The Morgan fingerprint density at radius 3 is 2.53 bits per heavy atom. The SMILES string of the molecule is O=C(O)c1cccc(-c2cn3c(O)c(Cc4ccco4)nc3c(Cc3ccccc3)n2)c1. The molecule has 0 aliphatic carbocycles. The molecule has 7 heteroatoms. The highest BCUT2D eigenvalue weighted by Gasteiger charge is 2.19. The van der Waals surface area contributed by atoms with Crippen LogP contribution in [-0.4, -0.2) is 30.6 Å². The summed E-state index contributed by atoms with van der Waals surface area (Å²) in [6.07, 6.45) is 4.11. The van der Waals surface area contributed by atoms with Gasteiger partial charge in [-0.25, -0.2) is 14.8 Å². The van der Waals surface area contributed by atoms with Gasteiger partial charge in [-0.1, -0.05) is 42.5 Å². The van der Waals surface area contributed by atoms with Gasteiger partial charge in [0.25, 0.3) is 0 Å². The molecule has 0 bridgehead atoms. The molecule has 0 aliphatic rings. The molecule has 2 aromatic carbocycles. The van der Waals surface area contributed by atoms with Crippen LogP contribution >= 0.6 is 0 Å². The van der Waals surface area contributed by atoms with E-state index in [2.05, 4.69) is 4.98 Å². The van der Waals surface area contributed by atoms with Crippen LogP contribution < -0.4 is 0 Å². The van der Waals surface area contributed by atoms with Crippen LogP contribution in [0.5, 0.6) is 5.88 Å². The maximum atomic E-state index is 11.4. The Bertz CT molecular complexity index is 1410. The average molecular weight is 425 g/mol. The van der Waals surface area contributed by atoms with Gasteiger partial charge in [0.15, 0.2) is 5.65 Å². The normalized spacial score (nSPS) is 11.1. The molecule has 5 aromatic rings. The molecule has 0 amide bonds. The van der Waals surface area contributed by atoms with Crippen molar-refractivity contribution >= 4 is 11.6 Å². The van der Waals surface area contributed by atoms with Crippen LogP contribution in [0.3, 0.4) is 0 Å². The summed E-state index contributed by atoms with van der Waals surface area (Å²) in [5.41, 5.74) is 4.11. The van der Waals surface area contributed by atoms with Crippen molar-refractivity contribution in [3.63, 3.8) is 0 Å². The molecule has 158 valence electrons. The van der Waals surface area contributed by atoms with Crippen molar-refractivity contribution in [1.29, 1.82) is 0 Å². The third-order valence-corrected chi connectivity index (χ3v) is 5.26. The molecule has 0 atom stereocenters. The highest BCUT2D eigenvalue weighted by Crippen LogP contribution is 2.28. The summed E-state index contributed by atoms with van der Waals surface area (Å²) < 4.78 is 7.01. The minimum atomic E-state index is -1.01. The van der Waals surface area contributed by atoms with Gasteiger partial charge in [-0.2, -0.15) is 0 Å². The third kappa shape index (κ3) is 3.72. The summed E-state index contributed by atoms with van der Waals surface area (Å²) in [6.45, 7) is 0. The number of carbonyl (C=O) groups is 1. The Morgan fingerprint density at radius 2 is 1.78 bits per heavy atom. The van der Waals surface area contributed by atoms with Gasteiger partial charge in [-0.05, 0) is 29.8 Å². The maximum absolute atomic E-state index is 11.4. The molecule has 0 unspecified atom stereocenters. The lowest BCUT2D eigenvalue weighted by atomic mass is 10.1. The number of hydrogen-bond acceptors (Lipinski definition) is 5. The molecule has 5 rings (SSSR count). The molecule has 0 saturated carbocycles. The molecule has 0 saturated heterocycles. The molecule has 3 aromatic heterocycles. The average Bonchev–Trinajstić information content (AvgIpc) is 3.43. The zero-order chi connectivity index (χ0) is 22.1. The van der Waals surface area contributed by atoms with Crippen LogP contribution in [0.15, 0.2) is 83.6 Å².